The molecule has 1 aromatic carbocycles. The zero-order valence-electron chi connectivity index (χ0n) is 14.6. The van der Waals surface area contributed by atoms with Gasteiger partial charge in [-0.25, -0.2) is 4.79 Å². The Labute approximate surface area is 145 Å². The maximum atomic E-state index is 12.8. The van der Waals surface area contributed by atoms with E-state index in [1.54, 1.807) is 25.7 Å². The lowest BCUT2D eigenvalue weighted by Crippen LogP contribution is -2.40. The maximum absolute atomic E-state index is 12.8. The first-order valence-electron chi connectivity index (χ1n) is 8.46. The summed E-state index contributed by atoms with van der Waals surface area (Å²) in [4.78, 5) is 14.2. The van der Waals surface area contributed by atoms with Crippen LogP contribution in [0.1, 0.15) is 44.4 Å². The zero-order valence-corrected chi connectivity index (χ0v) is 14.6. The number of hydrogen-bond donors (Lipinski definition) is 1. The summed E-state index contributed by atoms with van der Waals surface area (Å²) in [5, 5.41) is 3.39. The number of nitrogens with zero attached hydrogens (tertiary/aromatic N) is 1. The first-order chi connectivity index (χ1) is 11.6. The number of carbonyl (C=O) groups excluding carboxylic acids is 1. The summed E-state index contributed by atoms with van der Waals surface area (Å²) in [6.45, 7) is 6.81. The van der Waals surface area contributed by atoms with Gasteiger partial charge in [0.2, 0.25) is 0 Å². The molecule has 2 heterocycles. The molecule has 2 aliphatic heterocycles. The molecule has 1 amide bonds. The van der Waals surface area contributed by atoms with Crippen molar-refractivity contribution in [2.24, 2.45) is 5.92 Å². The van der Waals surface area contributed by atoms with Crippen LogP contribution in [-0.2, 0) is 10.9 Å². The number of likely N-dealkylation sites (tertiary alicyclic amines) is 1. The molecule has 0 radical (unpaired) electrons. The van der Waals surface area contributed by atoms with Crippen LogP contribution in [0.25, 0.3) is 0 Å². The SMILES string of the molecule is CC(C)(C)OC(=O)N1CC2CCNC2C1c1ccc(C(F)(F)F)cc1. The fraction of sp³-hybridized carbons (Fsp3) is 0.611. The highest BCUT2D eigenvalue weighted by Gasteiger charge is 2.48. The van der Waals surface area contributed by atoms with Gasteiger partial charge in [-0.2, -0.15) is 13.2 Å². The Morgan fingerprint density at radius 2 is 1.84 bits per heavy atom. The lowest BCUT2D eigenvalue weighted by atomic mass is 9.94. The fourth-order valence-electron chi connectivity index (χ4n) is 3.68. The van der Waals surface area contributed by atoms with Crippen molar-refractivity contribution >= 4 is 6.09 Å². The number of ether oxygens (including phenoxy) is 1. The molecule has 3 rings (SSSR count). The van der Waals surface area contributed by atoms with Gasteiger partial charge in [0.25, 0.3) is 0 Å². The molecule has 3 atom stereocenters. The smallest absolute Gasteiger partial charge is 0.416 e. The number of nitrogens with one attached hydrogen (secondary N) is 1. The van der Waals surface area contributed by atoms with Gasteiger partial charge in [-0.3, -0.25) is 4.90 Å². The van der Waals surface area contributed by atoms with E-state index in [-0.39, 0.29) is 12.1 Å². The number of fused-ring (bicyclic) bond motifs is 1. The van der Waals surface area contributed by atoms with Gasteiger partial charge in [0.15, 0.2) is 0 Å². The molecule has 2 saturated heterocycles. The Bertz CT molecular complexity index is 637. The van der Waals surface area contributed by atoms with Crippen molar-refractivity contribution in [3.05, 3.63) is 35.4 Å². The number of rotatable bonds is 1. The third-order valence-electron chi connectivity index (χ3n) is 4.72. The molecule has 25 heavy (non-hydrogen) atoms. The first kappa shape index (κ1) is 18.0. The average molecular weight is 356 g/mol. The number of benzene rings is 1. The van der Waals surface area contributed by atoms with E-state index < -0.39 is 23.4 Å². The summed E-state index contributed by atoms with van der Waals surface area (Å²) >= 11 is 0. The van der Waals surface area contributed by atoms with Gasteiger partial charge in [-0.15, -0.1) is 0 Å². The summed E-state index contributed by atoms with van der Waals surface area (Å²) in [7, 11) is 0. The van der Waals surface area contributed by atoms with Gasteiger partial charge in [-0.1, -0.05) is 12.1 Å². The molecule has 4 nitrogen and oxygen atoms in total. The minimum atomic E-state index is -4.37. The second-order valence-electron chi connectivity index (χ2n) is 7.73. The molecule has 3 unspecified atom stereocenters. The van der Waals surface area contributed by atoms with Crippen LogP contribution in [0, 0.1) is 5.92 Å². The van der Waals surface area contributed by atoms with Crippen molar-refractivity contribution in [1.82, 2.24) is 10.2 Å². The van der Waals surface area contributed by atoms with Crippen molar-refractivity contribution in [2.75, 3.05) is 13.1 Å². The fourth-order valence-corrected chi connectivity index (χ4v) is 3.68. The van der Waals surface area contributed by atoms with Crippen molar-refractivity contribution < 1.29 is 22.7 Å². The van der Waals surface area contributed by atoms with Crippen LogP contribution in [0.4, 0.5) is 18.0 Å². The third-order valence-corrected chi connectivity index (χ3v) is 4.72. The largest absolute Gasteiger partial charge is 0.444 e. The van der Waals surface area contributed by atoms with Crippen LogP contribution < -0.4 is 5.32 Å². The van der Waals surface area contributed by atoms with E-state index in [4.69, 9.17) is 4.74 Å². The number of hydrogen-bond acceptors (Lipinski definition) is 3. The molecule has 138 valence electrons. The summed E-state index contributed by atoms with van der Waals surface area (Å²) in [5.41, 5.74) is -0.609. The first-order valence-corrected chi connectivity index (χ1v) is 8.46. The summed E-state index contributed by atoms with van der Waals surface area (Å²) in [5.74, 6) is 0.291. The number of alkyl halides is 3. The van der Waals surface area contributed by atoms with Crippen LogP contribution >= 0.6 is 0 Å². The van der Waals surface area contributed by atoms with Gasteiger partial charge in [-0.05, 0) is 57.4 Å². The molecular weight excluding hydrogens is 333 g/mol. The van der Waals surface area contributed by atoms with Crippen molar-refractivity contribution in [3.63, 3.8) is 0 Å². The van der Waals surface area contributed by atoms with E-state index >= 15 is 0 Å². The molecule has 0 spiro atoms. The predicted octanol–water partition coefficient (Wildman–Crippen LogP) is 3.98. The second kappa shape index (κ2) is 6.20. The lowest BCUT2D eigenvalue weighted by molar-refractivity contribution is -0.137. The molecule has 0 saturated carbocycles. The predicted molar refractivity (Wildman–Crippen MR) is 87.0 cm³/mol. The van der Waals surface area contributed by atoms with Crippen molar-refractivity contribution in [1.29, 1.82) is 0 Å². The van der Waals surface area contributed by atoms with Gasteiger partial charge in [0.05, 0.1) is 11.6 Å². The Kier molecular flexibility index (Phi) is 4.47. The van der Waals surface area contributed by atoms with Gasteiger partial charge in [0, 0.05) is 12.6 Å². The van der Waals surface area contributed by atoms with E-state index in [0.717, 1.165) is 25.1 Å². The van der Waals surface area contributed by atoms with Gasteiger partial charge < -0.3 is 10.1 Å². The molecule has 1 N–H and O–H groups in total. The monoisotopic (exact) mass is 356 g/mol. The highest BCUT2D eigenvalue weighted by Crippen LogP contribution is 2.41. The molecule has 1 aromatic rings. The Hall–Kier alpha value is -1.76. The molecule has 2 fully saturated rings. The minimum Gasteiger partial charge on any atom is -0.444 e. The van der Waals surface area contributed by atoms with E-state index in [9.17, 15) is 18.0 Å². The van der Waals surface area contributed by atoms with Crippen molar-refractivity contribution in [3.8, 4) is 0 Å². The highest BCUT2D eigenvalue weighted by molar-refractivity contribution is 5.69. The third kappa shape index (κ3) is 3.76. The Morgan fingerprint density at radius 1 is 1.20 bits per heavy atom. The number of amides is 1. The zero-order chi connectivity index (χ0) is 18.4. The maximum Gasteiger partial charge on any atom is 0.416 e. The Morgan fingerprint density at radius 3 is 2.40 bits per heavy atom. The van der Waals surface area contributed by atoms with Crippen LogP contribution in [0.5, 0.6) is 0 Å². The van der Waals surface area contributed by atoms with Crippen LogP contribution in [0.2, 0.25) is 0 Å². The van der Waals surface area contributed by atoms with Gasteiger partial charge in [0.1, 0.15) is 5.60 Å². The molecule has 7 heteroatoms. The highest BCUT2D eigenvalue weighted by atomic mass is 19.4. The van der Waals surface area contributed by atoms with Crippen LogP contribution in [0.3, 0.4) is 0 Å². The van der Waals surface area contributed by atoms with Crippen LogP contribution in [-0.4, -0.2) is 35.7 Å². The molecule has 0 aliphatic carbocycles. The summed E-state index contributed by atoms with van der Waals surface area (Å²) in [6.07, 6.45) is -3.84. The Balaban J connectivity index is 1.88. The average Bonchev–Trinajstić information content (AvgIpc) is 3.04. The normalized spacial score (nSPS) is 26.6. The van der Waals surface area contributed by atoms with E-state index in [2.05, 4.69) is 5.32 Å². The molecule has 0 bridgehead atoms. The summed E-state index contributed by atoms with van der Waals surface area (Å²) in [6, 6.07) is 4.81. The number of carbonyl (C=O) groups is 1. The van der Waals surface area contributed by atoms with Crippen LogP contribution in [0.15, 0.2) is 24.3 Å². The molecule has 2 aliphatic rings. The lowest BCUT2D eigenvalue weighted by Gasteiger charge is -2.31. The van der Waals surface area contributed by atoms with E-state index in [0.29, 0.717) is 18.0 Å². The standard InChI is InChI=1S/C18H23F3N2O2/c1-17(2,3)25-16(24)23-10-12-8-9-22-14(12)15(23)11-4-6-13(7-5-11)18(19,20)21/h4-7,12,14-15,22H,8-10H2,1-3H3. The van der Waals surface area contributed by atoms with Crippen molar-refractivity contribution in [2.45, 2.75) is 51.1 Å². The minimum absolute atomic E-state index is 0.0456. The number of halogens is 3. The second-order valence-corrected chi connectivity index (χ2v) is 7.73. The molecule has 0 aromatic heterocycles. The quantitative estimate of drug-likeness (QED) is 0.828. The topological polar surface area (TPSA) is 41.6 Å². The van der Waals surface area contributed by atoms with E-state index in [1.807, 2.05) is 0 Å². The molecular formula is C18H23F3N2O2. The van der Waals surface area contributed by atoms with Gasteiger partial charge >= 0.3 is 12.3 Å². The summed E-state index contributed by atoms with van der Waals surface area (Å²) < 4.78 is 43.9. The van der Waals surface area contributed by atoms with E-state index in [1.165, 1.54) is 12.1 Å².